The molecule has 5 nitrogen and oxygen atoms in total. The largest absolute Gasteiger partial charge is 0.466 e. The van der Waals surface area contributed by atoms with Gasteiger partial charge in [-0.2, -0.15) is 0 Å². The van der Waals surface area contributed by atoms with Gasteiger partial charge in [-0.05, 0) is 40.9 Å². The number of hydrogen-bond acceptors (Lipinski definition) is 4. The van der Waals surface area contributed by atoms with Crippen LogP contribution in [0.2, 0.25) is 0 Å². The van der Waals surface area contributed by atoms with Crippen LogP contribution in [0.1, 0.15) is 31.7 Å². The average molecular weight is 387 g/mol. The molecule has 0 saturated heterocycles. The van der Waals surface area contributed by atoms with E-state index in [2.05, 4.69) is 21.2 Å². The number of ether oxygens (including phenoxy) is 1. The van der Waals surface area contributed by atoms with Crippen molar-refractivity contribution in [3.05, 3.63) is 32.1 Å². The molecule has 120 valence electrons. The van der Waals surface area contributed by atoms with E-state index in [0.717, 1.165) is 8.66 Å². The first kappa shape index (κ1) is 17.0. The fourth-order valence-corrected chi connectivity index (χ4v) is 3.92. The minimum absolute atomic E-state index is 0.187. The Hall–Kier alpha value is -1.34. The Bertz CT molecular complexity index is 624. The molecule has 0 fully saturated rings. The SMILES string of the molecule is COC(=O)C1=C(C)N(CC(C)C)C(=O)NC1c1ccc(Br)s1. The van der Waals surface area contributed by atoms with Crippen molar-refractivity contribution in [2.75, 3.05) is 13.7 Å². The van der Waals surface area contributed by atoms with Crippen molar-refractivity contribution in [1.82, 2.24) is 10.2 Å². The van der Waals surface area contributed by atoms with Gasteiger partial charge in [-0.1, -0.05) is 13.8 Å². The lowest BCUT2D eigenvalue weighted by molar-refractivity contribution is -0.136. The number of halogens is 1. The normalized spacial score (nSPS) is 18.7. The number of nitrogens with one attached hydrogen (secondary N) is 1. The van der Waals surface area contributed by atoms with Crippen LogP contribution in [0.15, 0.2) is 27.2 Å². The highest BCUT2D eigenvalue weighted by Crippen LogP contribution is 2.36. The predicted molar refractivity (Wildman–Crippen MR) is 89.6 cm³/mol. The summed E-state index contributed by atoms with van der Waals surface area (Å²) in [6.07, 6.45) is 0. The predicted octanol–water partition coefficient (Wildman–Crippen LogP) is 3.68. The highest BCUT2D eigenvalue weighted by atomic mass is 79.9. The van der Waals surface area contributed by atoms with Crippen molar-refractivity contribution in [2.24, 2.45) is 5.92 Å². The standard InChI is InChI=1S/C15H19BrN2O3S/c1-8(2)7-18-9(3)12(14(19)21-4)13(17-15(18)20)10-5-6-11(16)22-10/h5-6,8,13H,7H2,1-4H3,(H,17,20). The molecular formula is C15H19BrN2O3S. The van der Waals surface area contributed by atoms with E-state index in [1.165, 1.54) is 18.4 Å². The number of carbonyl (C=O) groups is 2. The molecule has 22 heavy (non-hydrogen) atoms. The molecule has 0 aromatic carbocycles. The minimum Gasteiger partial charge on any atom is -0.466 e. The Labute approximate surface area is 142 Å². The van der Waals surface area contributed by atoms with Crippen LogP contribution in [0.5, 0.6) is 0 Å². The lowest BCUT2D eigenvalue weighted by atomic mass is 10.00. The summed E-state index contributed by atoms with van der Waals surface area (Å²) in [5, 5.41) is 2.92. The van der Waals surface area contributed by atoms with E-state index in [9.17, 15) is 9.59 Å². The molecule has 0 aliphatic carbocycles. The van der Waals surface area contributed by atoms with Gasteiger partial charge in [-0.25, -0.2) is 9.59 Å². The number of carbonyl (C=O) groups excluding carboxylic acids is 2. The Morgan fingerprint density at radius 3 is 2.68 bits per heavy atom. The Morgan fingerprint density at radius 1 is 1.50 bits per heavy atom. The molecule has 0 spiro atoms. The third kappa shape index (κ3) is 3.35. The Morgan fingerprint density at radius 2 is 2.18 bits per heavy atom. The van der Waals surface area contributed by atoms with E-state index >= 15 is 0 Å². The van der Waals surface area contributed by atoms with Crippen molar-refractivity contribution in [1.29, 1.82) is 0 Å². The summed E-state index contributed by atoms with van der Waals surface area (Å²) in [5.41, 5.74) is 1.14. The molecule has 2 rings (SSSR count). The van der Waals surface area contributed by atoms with Crippen molar-refractivity contribution in [3.8, 4) is 0 Å². The number of nitrogens with zero attached hydrogens (tertiary/aromatic N) is 1. The van der Waals surface area contributed by atoms with E-state index in [0.29, 0.717) is 23.7 Å². The maximum Gasteiger partial charge on any atom is 0.338 e. The quantitative estimate of drug-likeness (QED) is 0.802. The van der Waals surface area contributed by atoms with Crippen LogP contribution < -0.4 is 5.32 Å². The van der Waals surface area contributed by atoms with Gasteiger partial charge < -0.3 is 10.1 Å². The first-order chi connectivity index (χ1) is 10.3. The summed E-state index contributed by atoms with van der Waals surface area (Å²) in [6, 6.07) is 3.14. The molecule has 2 heterocycles. The van der Waals surface area contributed by atoms with Crippen molar-refractivity contribution >= 4 is 39.3 Å². The van der Waals surface area contributed by atoms with Gasteiger partial charge in [-0.3, -0.25) is 4.90 Å². The third-order valence-corrected chi connectivity index (χ3v) is 5.12. The van der Waals surface area contributed by atoms with E-state index in [1.54, 1.807) is 11.8 Å². The van der Waals surface area contributed by atoms with Gasteiger partial charge in [0.2, 0.25) is 0 Å². The van der Waals surface area contributed by atoms with Gasteiger partial charge in [0.15, 0.2) is 0 Å². The fourth-order valence-electron chi connectivity index (χ4n) is 2.44. The molecule has 1 aromatic heterocycles. The Kier molecular flexibility index (Phi) is 5.28. The highest BCUT2D eigenvalue weighted by Gasteiger charge is 2.36. The lowest BCUT2D eigenvalue weighted by Crippen LogP contribution is -2.48. The van der Waals surface area contributed by atoms with Gasteiger partial charge in [0.1, 0.15) is 0 Å². The number of thiophene rings is 1. The maximum absolute atomic E-state index is 12.4. The number of hydrogen-bond donors (Lipinski definition) is 1. The number of amides is 2. The van der Waals surface area contributed by atoms with Crippen molar-refractivity contribution in [2.45, 2.75) is 26.8 Å². The molecule has 1 aliphatic heterocycles. The number of esters is 1. The van der Waals surface area contributed by atoms with E-state index < -0.39 is 12.0 Å². The van der Waals surface area contributed by atoms with Crippen molar-refractivity contribution in [3.63, 3.8) is 0 Å². The molecule has 1 aliphatic rings. The van der Waals surface area contributed by atoms with E-state index in [4.69, 9.17) is 4.74 Å². The first-order valence-corrected chi connectivity index (χ1v) is 8.58. The summed E-state index contributed by atoms with van der Waals surface area (Å²) in [4.78, 5) is 27.1. The number of rotatable bonds is 4. The molecule has 1 unspecified atom stereocenters. The average Bonchev–Trinajstić information content (AvgIpc) is 2.88. The second-order valence-electron chi connectivity index (χ2n) is 5.52. The van der Waals surface area contributed by atoms with Crippen LogP contribution >= 0.6 is 27.3 Å². The molecule has 0 saturated carbocycles. The zero-order valence-corrected chi connectivity index (χ0v) is 15.4. The minimum atomic E-state index is -0.473. The van der Waals surface area contributed by atoms with Crippen LogP contribution in [0.25, 0.3) is 0 Å². The third-order valence-electron chi connectivity index (χ3n) is 3.43. The molecule has 0 bridgehead atoms. The van der Waals surface area contributed by atoms with Gasteiger partial charge in [0.05, 0.1) is 22.5 Å². The zero-order valence-electron chi connectivity index (χ0n) is 13.0. The lowest BCUT2D eigenvalue weighted by Gasteiger charge is -2.35. The molecule has 0 radical (unpaired) electrons. The van der Waals surface area contributed by atoms with Gasteiger partial charge in [0, 0.05) is 17.1 Å². The molecule has 2 amide bonds. The molecule has 1 N–H and O–H groups in total. The second-order valence-corrected chi connectivity index (χ2v) is 8.01. The van der Waals surface area contributed by atoms with E-state index in [1.807, 2.05) is 26.0 Å². The summed E-state index contributed by atoms with van der Waals surface area (Å²) in [7, 11) is 1.35. The first-order valence-electron chi connectivity index (χ1n) is 6.97. The van der Waals surface area contributed by atoms with Gasteiger partial charge in [-0.15, -0.1) is 11.3 Å². The molecule has 1 aromatic rings. The summed E-state index contributed by atoms with van der Waals surface area (Å²) in [6.45, 7) is 6.41. The molecule has 1 atom stereocenters. The van der Waals surface area contributed by atoms with Crippen LogP contribution in [-0.4, -0.2) is 30.6 Å². The second kappa shape index (κ2) is 6.83. The number of allylic oxidation sites excluding steroid dienone is 1. The smallest absolute Gasteiger partial charge is 0.338 e. The molecule has 7 heteroatoms. The van der Waals surface area contributed by atoms with Crippen LogP contribution in [0.4, 0.5) is 4.79 Å². The van der Waals surface area contributed by atoms with Crippen molar-refractivity contribution < 1.29 is 14.3 Å². The molecular weight excluding hydrogens is 368 g/mol. The summed E-state index contributed by atoms with van der Waals surface area (Å²) < 4.78 is 5.87. The van der Waals surface area contributed by atoms with Crippen LogP contribution in [0.3, 0.4) is 0 Å². The Balaban J connectivity index is 2.49. The van der Waals surface area contributed by atoms with Crippen LogP contribution in [-0.2, 0) is 9.53 Å². The van der Waals surface area contributed by atoms with E-state index in [-0.39, 0.29) is 6.03 Å². The van der Waals surface area contributed by atoms with Gasteiger partial charge in [0.25, 0.3) is 0 Å². The summed E-state index contributed by atoms with van der Waals surface area (Å²) in [5.74, 6) is -0.118. The highest BCUT2D eigenvalue weighted by molar-refractivity contribution is 9.11. The maximum atomic E-state index is 12.4. The monoisotopic (exact) mass is 386 g/mol. The topological polar surface area (TPSA) is 58.6 Å². The fraction of sp³-hybridized carbons (Fsp3) is 0.467. The number of methoxy groups -OCH3 is 1. The summed E-state index contributed by atoms with van der Waals surface area (Å²) >= 11 is 4.90. The zero-order chi connectivity index (χ0) is 16.4. The van der Waals surface area contributed by atoms with Crippen LogP contribution in [0, 0.1) is 5.92 Å². The van der Waals surface area contributed by atoms with Gasteiger partial charge >= 0.3 is 12.0 Å². The number of urea groups is 1.